The Labute approximate surface area is 102 Å². The molecule has 15 heavy (non-hydrogen) atoms. The highest BCUT2D eigenvalue weighted by molar-refractivity contribution is 9.09. The van der Waals surface area contributed by atoms with Crippen LogP contribution in [-0.2, 0) is 6.54 Å². The summed E-state index contributed by atoms with van der Waals surface area (Å²) < 4.78 is 2.07. The summed E-state index contributed by atoms with van der Waals surface area (Å²) in [4.78, 5) is 5.58. The second-order valence-electron chi connectivity index (χ2n) is 3.40. The average Bonchev–Trinajstić information content (AvgIpc) is 2.77. The molecular formula is C10H14BrN3S. The third-order valence-corrected chi connectivity index (χ3v) is 3.52. The zero-order valence-corrected chi connectivity index (χ0v) is 10.9. The summed E-state index contributed by atoms with van der Waals surface area (Å²) in [5.74, 6) is 0. The number of halogens is 1. The van der Waals surface area contributed by atoms with Crippen LogP contribution in [0.25, 0.3) is 4.96 Å². The van der Waals surface area contributed by atoms with E-state index in [9.17, 15) is 0 Å². The molecule has 0 fully saturated rings. The summed E-state index contributed by atoms with van der Waals surface area (Å²) in [6, 6.07) is 0. The predicted octanol–water partition coefficient (Wildman–Crippen LogP) is 2.66. The van der Waals surface area contributed by atoms with Gasteiger partial charge in [-0.3, -0.25) is 4.40 Å². The van der Waals surface area contributed by atoms with E-state index < -0.39 is 0 Å². The van der Waals surface area contributed by atoms with Crippen molar-refractivity contribution in [2.24, 2.45) is 0 Å². The minimum absolute atomic E-state index is 0.872. The fourth-order valence-corrected chi connectivity index (χ4v) is 2.54. The van der Waals surface area contributed by atoms with E-state index in [4.69, 9.17) is 0 Å². The van der Waals surface area contributed by atoms with E-state index in [2.05, 4.69) is 42.2 Å². The molecule has 1 N–H and O–H groups in total. The second-order valence-corrected chi connectivity index (χ2v) is 5.06. The first-order valence-electron chi connectivity index (χ1n) is 5.08. The third kappa shape index (κ3) is 3.03. The topological polar surface area (TPSA) is 29.3 Å². The lowest BCUT2D eigenvalue weighted by Crippen LogP contribution is -2.14. The number of aromatic nitrogens is 2. The van der Waals surface area contributed by atoms with Crippen LogP contribution in [0.3, 0.4) is 0 Å². The van der Waals surface area contributed by atoms with E-state index in [0.717, 1.165) is 29.1 Å². The lowest BCUT2D eigenvalue weighted by molar-refractivity contribution is 0.638. The molecule has 2 rings (SSSR count). The monoisotopic (exact) mass is 287 g/mol. The maximum absolute atomic E-state index is 4.50. The maximum atomic E-state index is 4.50. The Morgan fingerprint density at radius 1 is 1.47 bits per heavy atom. The number of hydrogen-bond acceptors (Lipinski definition) is 3. The normalized spacial score (nSPS) is 11.3. The molecule has 0 amide bonds. The minimum atomic E-state index is 0.872. The maximum Gasteiger partial charge on any atom is 0.193 e. The number of nitrogens with zero attached hydrogens (tertiary/aromatic N) is 2. The van der Waals surface area contributed by atoms with E-state index in [-0.39, 0.29) is 0 Å². The van der Waals surface area contributed by atoms with Crippen molar-refractivity contribution in [1.82, 2.24) is 14.7 Å². The third-order valence-electron chi connectivity index (χ3n) is 2.19. The van der Waals surface area contributed by atoms with Crippen molar-refractivity contribution in [1.29, 1.82) is 0 Å². The van der Waals surface area contributed by atoms with E-state index in [1.165, 1.54) is 12.8 Å². The van der Waals surface area contributed by atoms with Crippen LogP contribution in [0.1, 0.15) is 18.5 Å². The first kappa shape index (κ1) is 11.1. The van der Waals surface area contributed by atoms with Gasteiger partial charge >= 0.3 is 0 Å². The van der Waals surface area contributed by atoms with Crippen molar-refractivity contribution < 1.29 is 0 Å². The van der Waals surface area contributed by atoms with Gasteiger partial charge in [0.1, 0.15) is 0 Å². The van der Waals surface area contributed by atoms with E-state index in [1.807, 2.05) is 6.20 Å². The molecule has 0 bridgehead atoms. The largest absolute Gasteiger partial charge is 0.311 e. The van der Waals surface area contributed by atoms with Gasteiger partial charge in [0.2, 0.25) is 0 Å². The number of imidazole rings is 1. The Morgan fingerprint density at radius 3 is 3.20 bits per heavy atom. The van der Waals surface area contributed by atoms with Crippen molar-refractivity contribution in [2.45, 2.75) is 19.4 Å². The van der Waals surface area contributed by atoms with E-state index in [0.29, 0.717) is 0 Å². The van der Waals surface area contributed by atoms with E-state index in [1.54, 1.807) is 11.3 Å². The molecule has 0 aliphatic heterocycles. The fraction of sp³-hybridized carbons (Fsp3) is 0.500. The number of rotatable bonds is 6. The smallest absolute Gasteiger partial charge is 0.193 e. The molecule has 2 heterocycles. The highest BCUT2D eigenvalue weighted by atomic mass is 79.9. The lowest BCUT2D eigenvalue weighted by Gasteiger charge is -2.00. The predicted molar refractivity (Wildman–Crippen MR) is 67.8 cm³/mol. The van der Waals surface area contributed by atoms with Crippen molar-refractivity contribution in [3.8, 4) is 0 Å². The summed E-state index contributed by atoms with van der Waals surface area (Å²) in [5, 5.41) is 6.54. The SMILES string of the molecule is BrCCCCNCc1cn2ccsc2n1. The number of thiazole rings is 1. The Morgan fingerprint density at radius 2 is 2.40 bits per heavy atom. The Bertz CT molecular complexity index is 381. The number of unbranched alkanes of at least 4 members (excludes halogenated alkanes) is 1. The first-order chi connectivity index (χ1) is 7.40. The van der Waals surface area contributed by atoms with Gasteiger partial charge in [0.05, 0.1) is 5.69 Å². The summed E-state index contributed by atoms with van der Waals surface area (Å²) in [7, 11) is 0. The fourth-order valence-electron chi connectivity index (χ4n) is 1.42. The highest BCUT2D eigenvalue weighted by Crippen LogP contribution is 2.10. The Kier molecular flexibility index (Phi) is 4.17. The molecule has 0 aromatic carbocycles. The van der Waals surface area contributed by atoms with Crippen LogP contribution in [0, 0.1) is 0 Å². The first-order valence-corrected chi connectivity index (χ1v) is 7.08. The summed E-state index contributed by atoms with van der Waals surface area (Å²) >= 11 is 5.10. The zero-order valence-electron chi connectivity index (χ0n) is 8.45. The average molecular weight is 288 g/mol. The van der Waals surface area contributed by atoms with Crippen LogP contribution in [0.5, 0.6) is 0 Å². The molecule has 0 unspecified atom stereocenters. The van der Waals surface area contributed by atoms with Crippen LogP contribution in [0.2, 0.25) is 0 Å². The van der Waals surface area contributed by atoms with Gasteiger partial charge in [0.25, 0.3) is 0 Å². The Balaban J connectivity index is 1.77. The molecule has 5 heteroatoms. The molecule has 0 saturated heterocycles. The standard InChI is InChI=1S/C10H14BrN3S/c11-3-1-2-4-12-7-9-8-14-5-6-15-10(14)13-9/h5-6,8,12H,1-4,7H2. The second kappa shape index (κ2) is 5.63. The van der Waals surface area contributed by atoms with Crippen molar-refractivity contribution in [3.63, 3.8) is 0 Å². The summed E-state index contributed by atoms with van der Waals surface area (Å²) in [5.41, 5.74) is 1.13. The molecule has 2 aromatic rings. The van der Waals surface area contributed by atoms with Gasteiger partial charge in [-0.1, -0.05) is 15.9 Å². The van der Waals surface area contributed by atoms with Gasteiger partial charge in [-0.2, -0.15) is 0 Å². The number of nitrogens with one attached hydrogen (secondary N) is 1. The molecule has 0 radical (unpaired) electrons. The van der Waals surface area contributed by atoms with Gasteiger partial charge in [-0.05, 0) is 19.4 Å². The van der Waals surface area contributed by atoms with Crippen LogP contribution in [0.15, 0.2) is 17.8 Å². The van der Waals surface area contributed by atoms with Crippen LogP contribution < -0.4 is 5.32 Å². The van der Waals surface area contributed by atoms with Gasteiger partial charge in [0.15, 0.2) is 4.96 Å². The van der Waals surface area contributed by atoms with Gasteiger partial charge < -0.3 is 5.32 Å². The number of fused-ring (bicyclic) bond motifs is 1. The number of hydrogen-bond donors (Lipinski definition) is 1. The molecule has 0 atom stereocenters. The van der Waals surface area contributed by atoms with Gasteiger partial charge in [-0.15, -0.1) is 11.3 Å². The molecule has 0 aliphatic rings. The zero-order chi connectivity index (χ0) is 10.5. The molecule has 2 aromatic heterocycles. The summed E-state index contributed by atoms with van der Waals surface area (Å²) in [6.45, 7) is 1.94. The molecule has 0 spiro atoms. The lowest BCUT2D eigenvalue weighted by atomic mass is 10.3. The van der Waals surface area contributed by atoms with Crippen molar-refractivity contribution in [2.75, 3.05) is 11.9 Å². The number of alkyl halides is 1. The van der Waals surface area contributed by atoms with Gasteiger partial charge in [-0.25, -0.2) is 4.98 Å². The van der Waals surface area contributed by atoms with Crippen LogP contribution in [0.4, 0.5) is 0 Å². The molecule has 82 valence electrons. The van der Waals surface area contributed by atoms with Crippen molar-refractivity contribution >= 4 is 32.2 Å². The molecular weight excluding hydrogens is 274 g/mol. The quantitative estimate of drug-likeness (QED) is 0.654. The van der Waals surface area contributed by atoms with Crippen molar-refractivity contribution in [3.05, 3.63) is 23.5 Å². The van der Waals surface area contributed by atoms with E-state index >= 15 is 0 Å². The van der Waals surface area contributed by atoms with Gasteiger partial charge in [0, 0.05) is 29.6 Å². The summed E-state index contributed by atoms with van der Waals surface area (Å²) in [6.07, 6.45) is 6.57. The molecule has 0 aliphatic carbocycles. The molecule has 0 saturated carbocycles. The minimum Gasteiger partial charge on any atom is -0.311 e. The highest BCUT2D eigenvalue weighted by Gasteiger charge is 2.00. The molecule has 3 nitrogen and oxygen atoms in total. The van der Waals surface area contributed by atoms with Crippen LogP contribution in [-0.4, -0.2) is 21.3 Å². The van der Waals surface area contributed by atoms with Crippen LogP contribution >= 0.6 is 27.3 Å². The Hall–Kier alpha value is -0.390.